The van der Waals surface area contributed by atoms with Crippen molar-refractivity contribution in [2.45, 2.75) is 69.6 Å². The van der Waals surface area contributed by atoms with E-state index in [4.69, 9.17) is 4.74 Å². The van der Waals surface area contributed by atoms with Gasteiger partial charge in [-0.2, -0.15) is 0 Å². The molecule has 1 saturated heterocycles. The number of amides is 2. The van der Waals surface area contributed by atoms with Crippen molar-refractivity contribution >= 4 is 11.8 Å². The number of carbonyl (C=O) groups excluding carboxylic acids is 2. The molecular formula is C21H29N3O3. The van der Waals surface area contributed by atoms with Crippen LogP contribution < -0.4 is 5.32 Å². The molecule has 2 aliphatic carbocycles. The van der Waals surface area contributed by atoms with Crippen LogP contribution in [0.3, 0.4) is 0 Å². The van der Waals surface area contributed by atoms with Crippen LogP contribution >= 0.6 is 0 Å². The molecule has 4 rings (SSSR count). The van der Waals surface area contributed by atoms with E-state index < -0.39 is 6.10 Å². The Kier molecular flexibility index (Phi) is 5.72. The van der Waals surface area contributed by atoms with Gasteiger partial charge in [0.1, 0.15) is 6.61 Å². The third-order valence-corrected chi connectivity index (χ3v) is 6.06. The summed E-state index contributed by atoms with van der Waals surface area (Å²) in [5, 5.41) is 3.07. The minimum Gasteiger partial charge on any atom is -0.356 e. The smallest absolute Gasteiger partial charge is 0.251 e. The maximum Gasteiger partial charge on any atom is 0.251 e. The molecule has 3 aliphatic rings. The number of ether oxygens (including phenoxy) is 1. The predicted octanol–water partition coefficient (Wildman–Crippen LogP) is 2.60. The average Bonchev–Trinajstić information content (AvgIpc) is 3.54. The molecule has 1 aliphatic heterocycles. The highest BCUT2D eigenvalue weighted by atomic mass is 16.5. The summed E-state index contributed by atoms with van der Waals surface area (Å²) in [7, 11) is 0. The molecule has 2 heterocycles. The van der Waals surface area contributed by atoms with Gasteiger partial charge in [-0.15, -0.1) is 0 Å². The Labute approximate surface area is 160 Å². The molecular weight excluding hydrogens is 342 g/mol. The number of pyridine rings is 1. The van der Waals surface area contributed by atoms with Crippen molar-refractivity contribution in [1.82, 2.24) is 15.2 Å². The minimum absolute atomic E-state index is 0.0199. The van der Waals surface area contributed by atoms with Gasteiger partial charge >= 0.3 is 0 Å². The molecule has 0 unspecified atom stereocenters. The Balaban J connectivity index is 1.44. The number of hydrogen-bond donors (Lipinski definition) is 1. The van der Waals surface area contributed by atoms with Crippen molar-refractivity contribution in [3.63, 3.8) is 0 Å². The highest BCUT2D eigenvalue weighted by molar-refractivity contribution is 5.86. The molecule has 1 aromatic heterocycles. The van der Waals surface area contributed by atoms with Gasteiger partial charge in [0.05, 0.1) is 6.04 Å². The number of morpholine rings is 1. The first-order valence-corrected chi connectivity index (χ1v) is 10.3. The van der Waals surface area contributed by atoms with Gasteiger partial charge < -0.3 is 15.0 Å². The van der Waals surface area contributed by atoms with Gasteiger partial charge in [-0.25, -0.2) is 0 Å². The zero-order valence-electron chi connectivity index (χ0n) is 15.8. The number of nitrogens with one attached hydrogen (secondary N) is 1. The molecule has 6 heteroatoms. The summed E-state index contributed by atoms with van der Waals surface area (Å²) in [5.41, 5.74) is 0.866. The maximum absolute atomic E-state index is 12.9. The molecule has 0 radical (unpaired) electrons. The van der Waals surface area contributed by atoms with Crippen molar-refractivity contribution in [1.29, 1.82) is 0 Å². The van der Waals surface area contributed by atoms with E-state index in [1.807, 2.05) is 17.0 Å². The summed E-state index contributed by atoms with van der Waals surface area (Å²) in [6.07, 6.45) is 12.3. The molecule has 2 amide bonds. The SMILES string of the molecule is O=C(NCCC1CCCCC1)[C@H]1OCC(=O)N(C2CC2)[C@@H]1c1cccnc1. The molecule has 2 atom stereocenters. The Morgan fingerprint density at radius 1 is 1.22 bits per heavy atom. The molecule has 27 heavy (non-hydrogen) atoms. The van der Waals surface area contributed by atoms with Gasteiger partial charge in [0.15, 0.2) is 6.10 Å². The lowest BCUT2D eigenvalue weighted by Gasteiger charge is -2.40. The van der Waals surface area contributed by atoms with Crippen LogP contribution in [-0.4, -0.2) is 47.0 Å². The number of carbonyl (C=O) groups is 2. The Morgan fingerprint density at radius 3 is 2.74 bits per heavy atom. The second-order valence-corrected chi connectivity index (χ2v) is 8.08. The van der Waals surface area contributed by atoms with Crippen LogP contribution in [0, 0.1) is 5.92 Å². The van der Waals surface area contributed by atoms with Crippen LogP contribution in [0.5, 0.6) is 0 Å². The largest absolute Gasteiger partial charge is 0.356 e. The molecule has 0 spiro atoms. The van der Waals surface area contributed by atoms with E-state index in [2.05, 4.69) is 10.3 Å². The second kappa shape index (κ2) is 8.38. The van der Waals surface area contributed by atoms with E-state index in [1.165, 1.54) is 32.1 Å². The van der Waals surface area contributed by atoms with Crippen LogP contribution in [0.25, 0.3) is 0 Å². The van der Waals surface area contributed by atoms with E-state index in [9.17, 15) is 9.59 Å². The highest BCUT2D eigenvalue weighted by Crippen LogP contribution is 2.39. The van der Waals surface area contributed by atoms with E-state index >= 15 is 0 Å². The van der Waals surface area contributed by atoms with E-state index in [0.717, 1.165) is 30.7 Å². The van der Waals surface area contributed by atoms with Crippen molar-refractivity contribution in [3.05, 3.63) is 30.1 Å². The third kappa shape index (κ3) is 4.32. The van der Waals surface area contributed by atoms with Gasteiger partial charge in [0.25, 0.3) is 5.91 Å². The fourth-order valence-electron chi connectivity index (χ4n) is 4.49. The van der Waals surface area contributed by atoms with Crippen LogP contribution in [0.4, 0.5) is 0 Å². The summed E-state index contributed by atoms with van der Waals surface area (Å²) >= 11 is 0. The summed E-state index contributed by atoms with van der Waals surface area (Å²) in [6.45, 7) is 0.661. The lowest BCUT2D eigenvalue weighted by atomic mass is 9.87. The van der Waals surface area contributed by atoms with Gasteiger partial charge in [0, 0.05) is 25.0 Å². The summed E-state index contributed by atoms with van der Waals surface area (Å²) in [5.74, 6) is 0.584. The maximum atomic E-state index is 12.9. The molecule has 0 bridgehead atoms. The van der Waals surface area contributed by atoms with E-state index in [0.29, 0.717) is 6.54 Å². The van der Waals surface area contributed by atoms with Crippen molar-refractivity contribution in [2.75, 3.05) is 13.2 Å². The van der Waals surface area contributed by atoms with Gasteiger partial charge in [0.2, 0.25) is 5.91 Å². The highest BCUT2D eigenvalue weighted by Gasteiger charge is 2.47. The monoisotopic (exact) mass is 371 g/mol. The average molecular weight is 371 g/mol. The molecule has 1 N–H and O–H groups in total. The Hall–Kier alpha value is -1.95. The topological polar surface area (TPSA) is 71.5 Å². The summed E-state index contributed by atoms with van der Waals surface area (Å²) in [4.78, 5) is 31.5. The number of rotatable bonds is 6. The first kappa shape index (κ1) is 18.4. The van der Waals surface area contributed by atoms with Crippen LogP contribution in [0.2, 0.25) is 0 Å². The second-order valence-electron chi connectivity index (χ2n) is 8.08. The molecule has 1 aromatic rings. The van der Waals surface area contributed by atoms with E-state index in [-0.39, 0.29) is 30.5 Å². The summed E-state index contributed by atoms with van der Waals surface area (Å²) < 4.78 is 5.74. The summed E-state index contributed by atoms with van der Waals surface area (Å²) in [6, 6.07) is 3.61. The normalized spacial score (nSPS) is 26.8. The number of hydrogen-bond acceptors (Lipinski definition) is 4. The van der Waals surface area contributed by atoms with Gasteiger partial charge in [-0.1, -0.05) is 38.2 Å². The van der Waals surface area contributed by atoms with E-state index in [1.54, 1.807) is 12.4 Å². The molecule has 6 nitrogen and oxygen atoms in total. The lowest BCUT2D eigenvalue weighted by molar-refractivity contribution is -0.165. The standard InChI is InChI=1S/C21H29N3O3/c25-18-14-27-20(21(26)23-12-10-15-5-2-1-3-6-15)19(24(18)17-8-9-17)16-7-4-11-22-13-16/h4,7,11,13,15,17,19-20H,1-3,5-6,8-10,12,14H2,(H,23,26)/t19-,20+/m1/s1. The minimum atomic E-state index is -0.668. The van der Waals surface area contributed by atoms with Crippen molar-refractivity contribution in [2.24, 2.45) is 5.92 Å². The van der Waals surface area contributed by atoms with Crippen molar-refractivity contribution in [3.8, 4) is 0 Å². The van der Waals surface area contributed by atoms with Gasteiger partial charge in [-0.05, 0) is 36.8 Å². The third-order valence-electron chi connectivity index (χ3n) is 6.06. The molecule has 0 aromatic carbocycles. The Bertz CT molecular complexity index is 656. The zero-order valence-corrected chi connectivity index (χ0v) is 15.8. The first-order chi connectivity index (χ1) is 13.2. The number of aromatic nitrogens is 1. The van der Waals surface area contributed by atoms with Crippen LogP contribution in [-0.2, 0) is 14.3 Å². The molecule has 3 fully saturated rings. The quantitative estimate of drug-likeness (QED) is 0.834. The predicted molar refractivity (Wildman–Crippen MR) is 101 cm³/mol. The van der Waals surface area contributed by atoms with Gasteiger partial charge in [-0.3, -0.25) is 14.6 Å². The fraction of sp³-hybridized carbons (Fsp3) is 0.667. The fourth-order valence-corrected chi connectivity index (χ4v) is 4.49. The van der Waals surface area contributed by atoms with Crippen molar-refractivity contribution < 1.29 is 14.3 Å². The molecule has 2 saturated carbocycles. The number of nitrogens with zero attached hydrogens (tertiary/aromatic N) is 2. The lowest BCUT2D eigenvalue weighted by Crippen LogP contribution is -2.55. The first-order valence-electron chi connectivity index (χ1n) is 10.3. The Morgan fingerprint density at radius 2 is 2.04 bits per heavy atom. The van der Waals surface area contributed by atoms with Crippen LogP contribution in [0.1, 0.15) is 63.0 Å². The van der Waals surface area contributed by atoms with Crippen LogP contribution in [0.15, 0.2) is 24.5 Å². The molecule has 146 valence electrons. The zero-order chi connectivity index (χ0) is 18.6.